The van der Waals surface area contributed by atoms with Gasteiger partial charge in [-0.25, -0.2) is 29.3 Å². The monoisotopic (exact) mass is 932 g/mol. The van der Waals surface area contributed by atoms with Crippen molar-refractivity contribution in [3.8, 4) is 45.5 Å². The van der Waals surface area contributed by atoms with Crippen molar-refractivity contribution in [1.82, 2.24) is 49.7 Å². The number of nitrogens with zero attached hydrogens (tertiary/aromatic N) is 9. The van der Waals surface area contributed by atoms with Crippen molar-refractivity contribution in [1.29, 1.82) is 0 Å². The number of nitrogens with two attached hydrogens (primary N) is 2. The number of rotatable bonds is 8. The van der Waals surface area contributed by atoms with Gasteiger partial charge in [-0.15, -0.1) is 0 Å². The van der Waals surface area contributed by atoms with Crippen LogP contribution in [-0.2, 0) is 19.1 Å². The first-order chi connectivity index (χ1) is 33.0. The molecule has 0 radical (unpaired) electrons. The van der Waals surface area contributed by atoms with E-state index in [-0.39, 0.29) is 25.4 Å². The van der Waals surface area contributed by atoms with E-state index in [1.807, 2.05) is 123 Å². The summed E-state index contributed by atoms with van der Waals surface area (Å²) in [5, 5.41) is 14.8. The number of para-hydroxylation sites is 2. The molecule has 2 fully saturated rings. The van der Waals surface area contributed by atoms with Crippen LogP contribution in [0.5, 0.6) is 23.0 Å². The van der Waals surface area contributed by atoms with Gasteiger partial charge in [-0.2, -0.15) is 10.2 Å². The smallest absolute Gasteiger partial charge is 0.310 e. The number of nitrogens with one attached hydrogen (secondary N) is 1. The van der Waals surface area contributed by atoms with Gasteiger partial charge in [0, 0.05) is 51.5 Å². The predicted molar refractivity (Wildman–Crippen MR) is 264 cm³/mol. The number of anilines is 2. The molecule has 0 bridgehead atoms. The van der Waals surface area contributed by atoms with Crippen LogP contribution in [0.25, 0.3) is 44.6 Å². The lowest BCUT2D eigenvalue weighted by Gasteiger charge is -2.32. The van der Waals surface area contributed by atoms with Crippen LogP contribution in [0.15, 0.2) is 122 Å². The summed E-state index contributed by atoms with van der Waals surface area (Å²) in [6.45, 7) is 7.28. The van der Waals surface area contributed by atoms with Crippen LogP contribution >= 0.6 is 0 Å². The normalized spacial score (nSPS) is 15.4. The van der Waals surface area contributed by atoms with Crippen molar-refractivity contribution in [3.63, 3.8) is 0 Å². The van der Waals surface area contributed by atoms with E-state index in [1.165, 1.54) is 26.5 Å². The maximum atomic E-state index is 11.9. The summed E-state index contributed by atoms with van der Waals surface area (Å²) in [5.74, 6) is 2.87. The molecule has 0 aliphatic carbocycles. The molecule has 6 heterocycles. The average molecular weight is 933 g/mol. The minimum atomic E-state index is -0.562. The van der Waals surface area contributed by atoms with Crippen LogP contribution in [-0.4, -0.2) is 88.4 Å². The van der Waals surface area contributed by atoms with Crippen LogP contribution in [0.2, 0.25) is 0 Å². The standard InChI is InChI=1S/C24H24N6O2.C22H22N6O.C4H6O3.CH4/c1-16(31)29-13-5-6-18(14-29)30-24-21(23(25)26-15-27-24)22(28-30)17-9-11-20(12-10-17)32-19-7-3-2-4-8-19;23-21-19-20(15-8-10-18(11-9-15)29-17-6-2-1-3-7-17)27-28(22(19)26-14-25-21)16-5-4-12-24-13-16;1-3(5)7-4(2)6;/h2-4,7-12,15,18H,5-6,13-14H2,1H3,(H2,25,26,27);1-3,6-11,14,16,24H,4-5,12-13H2,(H2,23,25,26);1-2H3;1H4/t18-;16-;;/m11../s1. The number of fused-ring (bicyclic) bond motifs is 2. The molecule has 18 heteroatoms. The number of nitrogen functional groups attached to an aromatic ring is 2. The second-order valence-electron chi connectivity index (χ2n) is 16.2. The van der Waals surface area contributed by atoms with Crippen LogP contribution in [0, 0.1) is 0 Å². The second-order valence-corrected chi connectivity index (χ2v) is 16.2. The highest BCUT2D eigenvalue weighted by Crippen LogP contribution is 2.36. The van der Waals surface area contributed by atoms with E-state index in [2.05, 4.69) is 30.0 Å². The topological polar surface area (TPSA) is 233 Å². The largest absolute Gasteiger partial charge is 0.457 e. The summed E-state index contributed by atoms with van der Waals surface area (Å²) >= 11 is 0. The SMILES string of the molecule is C.CC(=O)N1CCC[C@@H](n2nc(-c3ccc(Oc4ccccc4)cc3)c3c(N)ncnc32)C1.CC(=O)OC(C)=O.Nc1ncnc2c1c(-c1ccc(Oc3ccccc3)cc1)nn2[C@@H]1CCCNC1. The molecule has 1 amide bonds. The molecule has 2 aliphatic rings. The maximum absolute atomic E-state index is 11.9. The molecule has 0 spiro atoms. The number of benzene rings is 4. The fourth-order valence-electron chi connectivity index (χ4n) is 8.20. The van der Waals surface area contributed by atoms with Gasteiger partial charge in [-0.1, -0.05) is 43.8 Å². The molecule has 2 saturated heterocycles. The van der Waals surface area contributed by atoms with Gasteiger partial charge in [0.05, 0.1) is 22.9 Å². The highest BCUT2D eigenvalue weighted by Gasteiger charge is 2.28. The Hall–Kier alpha value is -8.25. The number of amides is 1. The van der Waals surface area contributed by atoms with Gasteiger partial charge >= 0.3 is 11.9 Å². The van der Waals surface area contributed by atoms with Crippen molar-refractivity contribution in [2.24, 2.45) is 0 Å². The first kappa shape index (κ1) is 48.7. The lowest BCUT2D eigenvalue weighted by atomic mass is 10.1. The molecule has 8 aromatic rings. The molecule has 69 heavy (non-hydrogen) atoms. The Morgan fingerprint density at radius 3 is 1.46 bits per heavy atom. The van der Waals surface area contributed by atoms with Gasteiger partial charge in [-0.3, -0.25) is 14.4 Å². The van der Waals surface area contributed by atoms with E-state index < -0.39 is 11.9 Å². The molecule has 2 atom stereocenters. The van der Waals surface area contributed by atoms with Crippen molar-refractivity contribution in [2.75, 3.05) is 37.6 Å². The van der Waals surface area contributed by atoms with Crippen LogP contribution < -0.4 is 26.3 Å². The summed E-state index contributed by atoms with van der Waals surface area (Å²) < 4.78 is 19.7. The molecule has 356 valence electrons. The first-order valence-electron chi connectivity index (χ1n) is 22.3. The Bertz CT molecular complexity index is 2980. The van der Waals surface area contributed by atoms with Crippen molar-refractivity contribution < 1.29 is 28.6 Å². The number of carbonyl (C=O) groups is 3. The third-order valence-electron chi connectivity index (χ3n) is 11.3. The summed E-state index contributed by atoms with van der Waals surface area (Å²) in [4.78, 5) is 50.8. The molecule has 4 aromatic carbocycles. The fraction of sp³-hybridized carbons (Fsp3) is 0.275. The van der Waals surface area contributed by atoms with Gasteiger partial charge in [0.2, 0.25) is 5.91 Å². The highest BCUT2D eigenvalue weighted by molar-refractivity contribution is 5.99. The average Bonchev–Trinajstić information content (AvgIpc) is 3.95. The van der Waals surface area contributed by atoms with Gasteiger partial charge in [0.25, 0.3) is 0 Å². The number of aromatic nitrogens is 8. The van der Waals surface area contributed by atoms with Crippen molar-refractivity contribution in [2.45, 2.75) is 66.0 Å². The quantitative estimate of drug-likeness (QED) is 0.0956. The Morgan fingerprint density at radius 2 is 1.04 bits per heavy atom. The molecule has 5 N–H and O–H groups in total. The third kappa shape index (κ3) is 11.8. The van der Waals surface area contributed by atoms with E-state index in [4.69, 9.17) is 31.1 Å². The molecular formula is C51H56N12O6. The van der Waals surface area contributed by atoms with E-state index in [0.29, 0.717) is 23.8 Å². The highest BCUT2D eigenvalue weighted by atomic mass is 16.6. The van der Waals surface area contributed by atoms with Crippen molar-refractivity contribution >= 4 is 51.5 Å². The Kier molecular flexibility index (Phi) is 15.9. The summed E-state index contributed by atoms with van der Waals surface area (Å²) in [7, 11) is 0. The minimum absolute atomic E-state index is 0. The Balaban J connectivity index is 0.000000178. The van der Waals surface area contributed by atoms with E-state index >= 15 is 0 Å². The van der Waals surface area contributed by atoms with Crippen LogP contribution in [0.1, 0.15) is 66.0 Å². The second kappa shape index (κ2) is 22.5. The zero-order chi connectivity index (χ0) is 47.6. The molecule has 0 unspecified atom stereocenters. The number of hydrogen-bond donors (Lipinski definition) is 3. The first-order valence-corrected chi connectivity index (χ1v) is 22.3. The number of esters is 2. The van der Waals surface area contributed by atoms with Gasteiger partial charge in [-0.05, 0) is 105 Å². The zero-order valence-electron chi connectivity index (χ0n) is 38.0. The van der Waals surface area contributed by atoms with E-state index in [0.717, 1.165) is 107 Å². The number of likely N-dealkylation sites (tertiary alicyclic amines) is 1. The van der Waals surface area contributed by atoms with Gasteiger partial charge in [0.1, 0.15) is 58.7 Å². The summed E-state index contributed by atoms with van der Waals surface area (Å²) in [6, 6.07) is 35.3. The molecule has 10 rings (SSSR count). The lowest BCUT2D eigenvalue weighted by Crippen LogP contribution is -2.39. The number of carbonyl (C=O) groups excluding carboxylic acids is 3. The minimum Gasteiger partial charge on any atom is -0.457 e. The fourth-order valence-corrected chi connectivity index (χ4v) is 8.20. The number of piperidine rings is 2. The number of ether oxygens (including phenoxy) is 3. The van der Waals surface area contributed by atoms with E-state index in [9.17, 15) is 14.4 Å². The Morgan fingerprint density at radius 1 is 0.594 bits per heavy atom. The molecule has 2 aliphatic heterocycles. The van der Waals surface area contributed by atoms with Crippen LogP contribution in [0.3, 0.4) is 0 Å². The molecule has 0 saturated carbocycles. The third-order valence-corrected chi connectivity index (χ3v) is 11.3. The zero-order valence-corrected chi connectivity index (χ0v) is 38.0. The summed E-state index contributed by atoms with van der Waals surface area (Å²) in [6.07, 6.45) is 7.00. The van der Waals surface area contributed by atoms with Crippen LogP contribution in [0.4, 0.5) is 11.6 Å². The number of hydrogen-bond acceptors (Lipinski definition) is 15. The van der Waals surface area contributed by atoms with Gasteiger partial charge in [0.15, 0.2) is 11.3 Å². The van der Waals surface area contributed by atoms with E-state index in [1.54, 1.807) is 6.92 Å². The maximum Gasteiger partial charge on any atom is 0.310 e. The Labute approximate surface area is 399 Å². The van der Waals surface area contributed by atoms with Gasteiger partial charge < -0.3 is 35.9 Å². The molecular weight excluding hydrogens is 877 g/mol. The summed E-state index contributed by atoms with van der Waals surface area (Å²) in [5.41, 5.74) is 17.3. The predicted octanol–water partition coefficient (Wildman–Crippen LogP) is 8.58. The molecule has 18 nitrogen and oxygen atoms in total. The molecule has 4 aromatic heterocycles. The lowest BCUT2D eigenvalue weighted by molar-refractivity contribution is -0.156. The van der Waals surface area contributed by atoms with Crippen molar-refractivity contribution in [3.05, 3.63) is 122 Å².